The average Bonchev–Trinajstić information content (AvgIpc) is 3.07. The Morgan fingerprint density at radius 3 is 2.90 bits per heavy atom. The Bertz CT molecular complexity index is 1090. The van der Waals surface area contributed by atoms with Crippen LogP contribution in [0.25, 0.3) is 11.1 Å². The van der Waals surface area contributed by atoms with E-state index in [1.54, 1.807) is 6.92 Å². The Labute approximate surface area is 178 Å². The highest BCUT2D eigenvalue weighted by molar-refractivity contribution is 7.99. The normalized spacial score (nSPS) is 14.1. The van der Waals surface area contributed by atoms with Gasteiger partial charge in [0.1, 0.15) is 10.4 Å². The van der Waals surface area contributed by atoms with Crippen LogP contribution < -0.4 is 0 Å². The number of ether oxygens (including phenoxy) is 1. The van der Waals surface area contributed by atoms with Crippen molar-refractivity contribution >= 4 is 41.0 Å². The fourth-order valence-electron chi connectivity index (χ4n) is 3.53. The third-order valence-corrected chi connectivity index (χ3v) is 6.30. The summed E-state index contributed by atoms with van der Waals surface area (Å²) in [6.45, 7) is 4.47. The van der Waals surface area contributed by atoms with Gasteiger partial charge in [-0.3, -0.25) is 9.69 Å². The van der Waals surface area contributed by atoms with Crippen LogP contribution in [0.5, 0.6) is 0 Å². The van der Waals surface area contributed by atoms with E-state index in [-0.39, 0.29) is 11.7 Å². The first kappa shape index (κ1) is 20.1. The fourth-order valence-corrected chi connectivity index (χ4v) is 4.74. The van der Waals surface area contributed by atoms with E-state index in [2.05, 4.69) is 24.1 Å². The van der Waals surface area contributed by atoms with E-state index >= 15 is 0 Å². The molecule has 0 saturated carbocycles. The third-order valence-electron chi connectivity index (χ3n) is 4.92. The molecular weight excluding hydrogens is 406 g/mol. The number of nitrogens with zero attached hydrogens (tertiary/aromatic N) is 3. The van der Waals surface area contributed by atoms with Crippen molar-refractivity contribution in [2.24, 2.45) is 0 Å². The van der Waals surface area contributed by atoms with Crippen LogP contribution in [0.2, 0.25) is 0 Å². The second kappa shape index (κ2) is 8.69. The van der Waals surface area contributed by atoms with Gasteiger partial charge in [0.15, 0.2) is 5.16 Å². The Kier molecular flexibility index (Phi) is 6.03. The SMILES string of the molecule is CCOC(=O)CSc1nc2oc3c(c2c(=S)n1Cc1ccccc1)CCN(C)C3. The van der Waals surface area contributed by atoms with Gasteiger partial charge in [0, 0.05) is 12.1 Å². The first-order valence-electron chi connectivity index (χ1n) is 9.62. The Balaban J connectivity index is 1.79. The lowest BCUT2D eigenvalue weighted by atomic mass is 10.1. The molecular formula is C21H23N3O3S2. The summed E-state index contributed by atoms with van der Waals surface area (Å²) in [5, 5.41) is 1.60. The highest BCUT2D eigenvalue weighted by Gasteiger charge is 2.24. The number of carbonyl (C=O) groups excluding carboxylic acids is 1. The minimum Gasteiger partial charge on any atom is -0.465 e. The molecule has 8 heteroatoms. The molecule has 0 atom stereocenters. The van der Waals surface area contributed by atoms with Crippen molar-refractivity contribution in [3.05, 3.63) is 51.9 Å². The number of likely N-dealkylation sites (N-methyl/N-ethyl adjacent to an activating group) is 1. The summed E-state index contributed by atoms with van der Waals surface area (Å²) >= 11 is 7.23. The van der Waals surface area contributed by atoms with E-state index in [0.717, 1.165) is 36.2 Å². The van der Waals surface area contributed by atoms with Gasteiger partial charge >= 0.3 is 5.97 Å². The molecule has 0 N–H and O–H groups in total. The highest BCUT2D eigenvalue weighted by Crippen LogP contribution is 2.32. The smallest absolute Gasteiger partial charge is 0.316 e. The van der Waals surface area contributed by atoms with Crippen LogP contribution >= 0.6 is 24.0 Å². The topological polar surface area (TPSA) is 60.5 Å². The van der Waals surface area contributed by atoms with E-state index in [0.29, 0.717) is 28.7 Å². The van der Waals surface area contributed by atoms with Gasteiger partial charge in [0.2, 0.25) is 5.71 Å². The number of carbonyl (C=O) groups is 1. The van der Waals surface area contributed by atoms with Crippen molar-refractivity contribution in [3.8, 4) is 0 Å². The fraction of sp³-hybridized carbons (Fsp3) is 0.381. The first-order valence-corrected chi connectivity index (χ1v) is 11.0. The molecule has 152 valence electrons. The van der Waals surface area contributed by atoms with Gasteiger partial charge in [-0.05, 0) is 26.0 Å². The van der Waals surface area contributed by atoms with Crippen molar-refractivity contribution in [2.75, 3.05) is 26.0 Å². The maximum absolute atomic E-state index is 11.9. The summed E-state index contributed by atoms with van der Waals surface area (Å²) < 4.78 is 13.9. The molecule has 3 heterocycles. The molecule has 0 saturated heterocycles. The number of hydrogen-bond donors (Lipinski definition) is 0. The van der Waals surface area contributed by atoms with E-state index < -0.39 is 0 Å². The zero-order valence-electron chi connectivity index (χ0n) is 16.5. The zero-order valence-corrected chi connectivity index (χ0v) is 18.1. The van der Waals surface area contributed by atoms with Crippen molar-refractivity contribution in [3.63, 3.8) is 0 Å². The molecule has 0 bridgehead atoms. The molecule has 3 aromatic rings. The molecule has 0 spiro atoms. The van der Waals surface area contributed by atoms with Gasteiger partial charge in [-0.15, -0.1) is 0 Å². The molecule has 4 rings (SSSR count). The standard InChI is InChI=1S/C21H23N3O3S2/c1-3-26-17(25)13-29-21-22-19-18(15-9-10-23(2)12-16(15)27-19)20(28)24(21)11-14-7-5-4-6-8-14/h4-8H,3,9-13H2,1-2H3. The number of esters is 1. The first-order chi connectivity index (χ1) is 14.1. The molecule has 0 amide bonds. The molecule has 0 unspecified atom stereocenters. The van der Waals surface area contributed by atoms with Crippen LogP contribution in [0.1, 0.15) is 23.8 Å². The lowest BCUT2D eigenvalue weighted by Gasteiger charge is -2.20. The number of furan rings is 1. The van der Waals surface area contributed by atoms with E-state index in [1.165, 1.54) is 17.3 Å². The third kappa shape index (κ3) is 4.24. The lowest BCUT2D eigenvalue weighted by Crippen LogP contribution is -2.25. The Hall–Kier alpha value is -2.16. The second-order valence-corrected chi connectivity index (χ2v) is 8.37. The van der Waals surface area contributed by atoms with Crippen molar-refractivity contribution < 1.29 is 13.9 Å². The molecule has 0 aliphatic carbocycles. The Morgan fingerprint density at radius 1 is 1.34 bits per heavy atom. The molecule has 6 nitrogen and oxygen atoms in total. The largest absolute Gasteiger partial charge is 0.465 e. The predicted octanol–water partition coefficient (Wildman–Crippen LogP) is 4.05. The zero-order chi connectivity index (χ0) is 20.4. The Morgan fingerprint density at radius 2 is 2.14 bits per heavy atom. The van der Waals surface area contributed by atoms with Crippen LogP contribution in [0, 0.1) is 4.64 Å². The van der Waals surface area contributed by atoms with E-state index in [4.69, 9.17) is 26.4 Å². The number of thioether (sulfide) groups is 1. The maximum Gasteiger partial charge on any atom is 0.316 e. The molecule has 2 aromatic heterocycles. The van der Waals surface area contributed by atoms with Crippen molar-refractivity contribution in [2.45, 2.75) is 31.6 Å². The van der Waals surface area contributed by atoms with Crippen LogP contribution in [-0.2, 0) is 29.0 Å². The van der Waals surface area contributed by atoms with Crippen molar-refractivity contribution in [1.82, 2.24) is 14.5 Å². The molecule has 1 aromatic carbocycles. The number of hydrogen-bond acceptors (Lipinski definition) is 7. The highest BCUT2D eigenvalue weighted by atomic mass is 32.2. The van der Waals surface area contributed by atoms with Gasteiger partial charge in [-0.25, -0.2) is 0 Å². The van der Waals surface area contributed by atoms with Gasteiger partial charge in [0.05, 0.1) is 30.8 Å². The average molecular weight is 430 g/mol. The second-order valence-electron chi connectivity index (χ2n) is 7.04. The number of benzene rings is 1. The van der Waals surface area contributed by atoms with Crippen LogP contribution in [-0.4, -0.2) is 46.4 Å². The lowest BCUT2D eigenvalue weighted by molar-refractivity contribution is -0.139. The summed E-state index contributed by atoms with van der Waals surface area (Å²) in [6.07, 6.45) is 0.894. The van der Waals surface area contributed by atoms with Gasteiger partial charge in [-0.2, -0.15) is 4.98 Å². The summed E-state index contributed by atoms with van der Waals surface area (Å²) in [5.41, 5.74) is 2.85. The summed E-state index contributed by atoms with van der Waals surface area (Å²) in [7, 11) is 2.08. The summed E-state index contributed by atoms with van der Waals surface area (Å²) in [4.78, 5) is 18.9. The maximum atomic E-state index is 11.9. The van der Waals surface area contributed by atoms with E-state index in [1.807, 2.05) is 22.8 Å². The van der Waals surface area contributed by atoms with Gasteiger partial charge < -0.3 is 13.7 Å². The predicted molar refractivity (Wildman–Crippen MR) is 116 cm³/mol. The number of fused-ring (bicyclic) bond motifs is 3. The van der Waals surface area contributed by atoms with Crippen LogP contribution in [0.4, 0.5) is 0 Å². The molecule has 1 aliphatic rings. The molecule has 29 heavy (non-hydrogen) atoms. The van der Waals surface area contributed by atoms with Gasteiger partial charge in [-0.1, -0.05) is 54.3 Å². The quantitative estimate of drug-likeness (QED) is 0.254. The summed E-state index contributed by atoms with van der Waals surface area (Å²) in [5.74, 6) is 0.849. The minimum atomic E-state index is -0.267. The van der Waals surface area contributed by atoms with Gasteiger partial charge in [0.25, 0.3) is 0 Å². The number of rotatable bonds is 6. The van der Waals surface area contributed by atoms with Crippen LogP contribution in [0.15, 0.2) is 39.9 Å². The molecule has 0 fully saturated rings. The molecule has 1 aliphatic heterocycles. The summed E-state index contributed by atoms with van der Waals surface area (Å²) in [6, 6.07) is 10.1. The van der Waals surface area contributed by atoms with E-state index in [9.17, 15) is 4.79 Å². The molecule has 0 radical (unpaired) electrons. The van der Waals surface area contributed by atoms with Crippen molar-refractivity contribution in [1.29, 1.82) is 0 Å². The monoisotopic (exact) mass is 429 g/mol. The number of aromatic nitrogens is 2. The minimum absolute atomic E-state index is 0.180. The van der Waals surface area contributed by atoms with Crippen LogP contribution in [0.3, 0.4) is 0 Å².